The number of aromatic hydroxyl groups is 1. The van der Waals surface area contributed by atoms with Gasteiger partial charge in [0, 0.05) is 30.2 Å². The van der Waals surface area contributed by atoms with E-state index >= 15 is 0 Å². The van der Waals surface area contributed by atoms with Crippen LogP contribution in [0.2, 0.25) is 0 Å². The van der Waals surface area contributed by atoms with Crippen molar-refractivity contribution in [2.75, 3.05) is 26.8 Å². The highest BCUT2D eigenvalue weighted by Crippen LogP contribution is 2.62. The smallest absolute Gasteiger partial charge is 0.161 e. The molecule has 0 unspecified atom stereocenters. The molecular formula is C22H31NO4. The first kappa shape index (κ1) is 17.8. The Labute approximate surface area is 161 Å². The van der Waals surface area contributed by atoms with Crippen molar-refractivity contribution in [3.63, 3.8) is 0 Å². The predicted octanol–water partition coefficient (Wildman–Crippen LogP) is 2.20. The van der Waals surface area contributed by atoms with Gasteiger partial charge < -0.3 is 20.1 Å². The van der Waals surface area contributed by atoms with Crippen LogP contribution in [0.15, 0.2) is 12.1 Å². The lowest BCUT2D eigenvalue weighted by molar-refractivity contribution is -0.177. The van der Waals surface area contributed by atoms with E-state index in [4.69, 9.17) is 4.74 Å². The Hall–Kier alpha value is -1.30. The molecule has 0 radical (unpaired) electrons. The van der Waals surface area contributed by atoms with Gasteiger partial charge in [-0.15, -0.1) is 0 Å². The lowest BCUT2D eigenvalue weighted by atomic mass is 9.48. The van der Waals surface area contributed by atoms with Crippen LogP contribution in [0.25, 0.3) is 0 Å². The Balaban J connectivity index is 1.66. The standard InChI is InChI=1S/C22H31NO4/c1-27-17-5-4-16-10-18-22(26)7-6-15(13-24)11-21(22,19(16)20(17)25)8-9-23(18)12-14-2-3-14/h4-5,14-15,18,24-26H,2-3,6-13H2,1H3/t15-,18+,21+,22+/m0/s1. The number of phenolic OH excluding ortho intramolecular Hbond substituents is 1. The molecule has 2 bridgehead atoms. The van der Waals surface area contributed by atoms with E-state index in [1.54, 1.807) is 7.11 Å². The molecule has 5 nitrogen and oxygen atoms in total. The number of nitrogens with zero attached hydrogens (tertiary/aromatic N) is 1. The van der Waals surface area contributed by atoms with E-state index in [1.165, 1.54) is 12.8 Å². The molecule has 3 fully saturated rings. The Morgan fingerprint density at radius 2 is 2.00 bits per heavy atom. The van der Waals surface area contributed by atoms with Crippen molar-refractivity contribution < 1.29 is 20.1 Å². The molecule has 1 aromatic carbocycles. The van der Waals surface area contributed by atoms with Crippen molar-refractivity contribution in [3.05, 3.63) is 23.3 Å². The zero-order valence-electron chi connectivity index (χ0n) is 16.2. The Kier molecular flexibility index (Phi) is 4.01. The second kappa shape index (κ2) is 6.10. The zero-order chi connectivity index (χ0) is 18.8. The van der Waals surface area contributed by atoms with Gasteiger partial charge in [0.25, 0.3) is 0 Å². The largest absolute Gasteiger partial charge is 0.504 e. The summed E-state index contributed by atoms with van der Waals surface area (Å²) in [4.78, 5) is 2.53. The highest BCUT2D eigenvalue weighted by atomic mass is 16.5. The second-order valence-corrected chi connectivity index (χ2v) is 9.36. The molecule has 0 aromatic heterocycles. The summed E-state index contributed by atoms with van der Waals surface area (Å²) in [7, 11) is 1.58. The molecule has 27 heavy (non-hydrogen) atoms. The Bertz CT molecular complexity index is 748. The normalized spacial score (nSPS) is 38.2. The molecule has 1 saturated heterocycles. The molecule has 3 aliphatic carbocycles. The average molecular weight is 373 g/mol. The van der Waals surface area contributed by atoms with Gasteiger partial charge in [-0.1, -0.05) is 6.07 Å². The van der Waals surface area contributed by atoms with Gasteiger partial charge in [-0.05, 0) is 75.0 Å². The summed E-state index contributed by atoms with van der Waals surface area (Å²) in [5, 5.41) is 33.1. The van der Waals surface area contributed by atoms with Gasteiger partial charge in [-0.25, -0.2) is 0 Å². The summed E-state index contributed by atoms with van der Waals surface area (Å²) in [5.41, 5.74) is 0.699. The first-order chi connectivity index (χ1) is 13.0. The monoisotopic (exact) mass is 373 g/mol. The third-order valence-corrected chi connectivity index (χ3v) is 8.00. The van der Waals surface area contributed by atoms with E-state index < -0.39 is 11.0 Å². The summed E-state index contributed by atoms with van der Waals surface area (Å²) in [6.07, 6.45) is 6.52. The third kappa shape index (κ3) is 2.41. The van der Waals surface area contributed by atoms with E-state index in [9.17, 15) is 15.3 Å². The van der Waals surface area contributed by atoms with Gasteiger partial charge in [0.05, 0.1) is 12.7 Å². The van der Waals surface area contributed by atoms with Crippen molar-refractivity contribution in [2.45, 2.75) is 62.0 Å². The predicted molar refractivity (Wildman–Crippen MR) is 102 cm³/mol. The van der Waals surface area contributed by atoms with Crippen LogP contribution in [-0.2, 0) is 11.8 Å². The van der Waals surface area contributed by atoms with Gasteiger partial charge in [0.15, 0.2) is 11.5 Å². The molecule has 5 heteroatoms. The third-order valence-electron chi connectivity index (χ3n) is 8.00. The number of hydrogen-bond acceptors (Lipinski definition) is 5. The van der Waals surface area contributed by atoms with Gasteiger partial charge in [0.2, 0.25) is 0 Å². The lowest BCUT2D eigenvalue weighted by Crippen LogP contribution is -2.73. The van der Waals surface area contributed by atoms with E-state index in [2.05, 4.69) is 11.0 Å². The summed E-state index contributed by atoms with van der Waals surface area (Å²) in [5.74, 6) is 1.65. The van der Waals surface area contributed by atoms with Crippen LogP contribution < -0.4 is 4.74 Å². The number of aliphatic hydroxyl groups is 2. The quantitative estimate of drug-likeness (QED) is 0.755. The zero-order valence-corrected chi connectivity index (χ0v) is 16.2. The van der Waals surface area contributed by atoms with Crippen LogP contribution in [0.1, 0.15) is 49.7 Å². The fourth-order valence-corrected chi connectivity index (χ4v) is 6.47. The number of hydrogen-bond donors (Lipinski definition) is 3. The van der Waals surface area contributed by atoms with Crippen molar-refractivity contribution in [1.82, 2.24) is 4.90 Å². The van der Waals surface area contributed by atoms with E-state index in [1.807, 2.05) is 6.07 Å². The number of rotatable bonds is 4. The Morgan fingerprint density at radius 1 is 1.19 bits per heavy atom. The minimum absolute atomic E-state index is 0.104. The summed E-state index contributed by atoms with van der Waals surface area (Å²) >= 11 is 0. The number of ether oxygens (including phenoxy) is 1. The first-order valence-corrected chi connectivity index (χ1v) is 10.5. The van der Waals surface area contributed by atoms with E-state index in [0.29, 0.717) is 12.2 Å². The van der Waals surface area contributed by atoms with Gasteiger partial charge in [-0.2, -0.15) is 0 Å². The first-order valence-electron chi connectivity index (χ1n) is 10.5. The molecule has 4 atom stereocenters. The van der Waals surface area contributed by atoms with E-state index in [0.717, 1.165) is 55.8 Å². The van der Waals surface area contributed by atoms with Gasteiger partial charge in [-0.3, -0.25) is 4.90 Å². The van der Waals surface area contributed by atoms with Gasteiger partial charge >= 0.3 is 0 Å². The minimum Gasteiger partial charge on any atom is -0.504 e. The molecule has 148 valence electrons. The molecular weight excluding hydrogens is 342 g/mol. The molecule has 0 spiro atoms. The lowest BCUT2D eigenvalue weighted by Gasteiger charge is -2.64. The van der Waals surface area contributed by atoms with Crippen LogP contribution in [0.4, 0.5) is 0 Å². The van der Waals surface area contributed by atoms with Crippen LogP contribution in [0.3, 0.4) is 0 Å². The molecule has 3 N–H and O–H groups in total. The molecule has 1 aromatic rings. The Morgan fingerprint density at radius 3 is 2.70 bits per heavy atom. The molecule has 1 heterocycles. The maximum absolute atomic E-state index is 12.1. The number of aliphatic hydroxyl groups excluding tert-OH is 1. The fraction of sp³-hybridized carbons (Fsp3) is 0.727. The van der Waals surface area contributed by atoms with E-state index in [-0.39, 0.29) is 24.3 Å². The molecule has 1 aliphatic heterocycles. The van der Waals surface area contributed by atoms with Crippen molar-refractivity contribution in [1.29, 1.82) is 0 Å². The number of benzene rings is 1. The number of piperidine rings is 1. The van der Waals surface area contributed by atoms with Crippen LogP contribution >= 0.6 is 0 Å². The molecule has 2 saturated carbocycles. The summed E-state index contributed by atoms with van der Waals surface area (Å²) < 4.78 is 5.40. The number of fused-ring (bicyclic) bond motifs is 1. The maximum atomic E-state index is 12.1. The topological polar surface area (TPSA) is 73.2 Å². The molecule has 0 amide bonds. The van der Waals surface area contributed by atoms with Crippen molar-refractivity contribution in [3.8, 4) is 11.5 Å². The number of likely N-dealkylation sites (tertiary alicyclic amines) is 1. The highest BCUT2D eigenvalue weighted by molar-refractivity contribution is 5.58. The van der Waals surface area contributed by atoms with Gasteiger partial charge in [0.1, 0.15) is 0 Å². The number of methoxy groups -OCH3 is 1. The number of phenols is 1. The molecule has 5 rings (SSSR count). The SMILES string of the molecule is COc1ccc2c(c1O)[C@]13CCN(CC4CC4)[C@H](C2)[C@]1(O)CC[C@H](CO)C3. The fourth-order valence-electron chi connectivity index (χ4n) is 6.47. The van der Waals surface area contributed by atoms with Crippen molar-refractivity contribution in [2.24, 2.45) is 11.8 Å². The summed E-state index contributed by atoms with van der Waals surface area (Å²) in [6, 6.07) is 4.03. The van der Waals surface area contributed by atoms with Crippen molar-refractivity contribution >= 4 is 0 Å². The van der Waals surface area contributed by atoms with Crippen LogP contribution in [-0.4, -0.2) is 58.7 Å². The maximum Gasteiger partial charge on any atom is 0.161 e. The summed E-state index contributed by atoms with van der Waals surface area (Å²) in [6.45, 7) is 2.19. The highest BCUT2D eigenvalue weighted by Gasteiger charge is 2.65. The molecule has 4 aliphatic rings. The second-order valence-electron chi connectivity index (χ2n) is 9.36. The minimum atomic E-state index is -0.845. The van der Waals surface area contributed by atoms with Crippen LogP contribution in [0, 0.1) is 11.8 Å². The van der Waals surface area contributed by atoms with Crippen LogP contribution in [0.5, 0.6) is 11.5 Å². The average Bonchev–Trinajstić information content (AvgIpc) is 3.47.